The summed E-state index contributed by atoms with van der Waals surface area (Å²) in [7, 11) is 1.32. The minimum absolute atomic E-state index is 0.0314. The molecule has 0 amide bonds. The van der Waals surface area contributed by atoms with Crippen LogP contribution in [0.15, 0.2) is 18.2 Å². The van der Waals surface area contributed by atoms with Crippen LogP contribution in [0.4, 0.5) is 0 Å². The number of benzene rings is 1. The average Bonchev–Trinajstić information content (AvgIpc) is 2.42. The predicted molar refractivity (Wildman–Crippen MR) is 74.1 cm³/mol. The monoisotopic (exact) mass is 300 g/mol. The van der Waals surface area contributed by atoms with E-state index in [0.29, 0.717) is 5.56 Å². The number of thioether (sulfide) groups is 1. The number of hydrogen-bond donors (Lipinski definition) is 3. The normalized spacial score (nSPS) is 13.6. The molecule has 1 rings (SSSR count). The molecule has 0 aliphatic carbocycles. The molecule has 110 valence electrons. The number of hydrogen-bond acceptors (Lipinski definition) is 6. The Labute approximate surface area is 120 Å². The van der Waals surface area contributed by atoms with Gasteiger partial charge in [0.25, 0.3) is 0 Å². The first-order chi connectivity index (χ1) is 9.36. The van der Waals surface area contributed by atoms with Gasteiger partial charge in [-0.15, -0.1) is 0 Å². The number of aliphatic hydroxyl groups excluding tert-OH is 2. The van der Waals surface area contributed by atoms with Gasteiger partial charge in [0.2, 0.25) is 0 Å². The second kappa shape index (κ2) is 7.28. The Kier molecular flexibility index (Phi) is 6.00. The first kappa shape index (κ1) is 16.5. The van der Waals surface area contributed by atoms with Gasteiger partial charge in [0, 0.05) is 12.7 Å². The summed E-state index contributed by atoms with van der Waals surface area (Å²) < 4.78 is 4.94. The van der Waals surface area contributed by atoms with Crippen LogP contribution in [0.2, 0.25) is 0 Å². The summed E-state index contributed by atoms with van der Waals surface area (Å²) >= 11 is 0.906. The summed E-state index contributed by atoms with van der Waals surface area (Å²) in [5.41, 5.74) is 0.291. The lowest BCUT2D eigenvalue weighted by Gasteiger charge is -2.18. The largest absolute Gasteiger partial charge is 0.496 e. The van der Waals surface area contributed by atoms with Gasteiger partial charge in [0.15, 0.2) is 5.12 Å². The van der Waals surface area contributed by atoms with Crippen molar-refractivity contribution in [2.75, 3.05) is 12.9 Å². The Hall–Kier alpha value is -1.57. The van der Waals surface area contributed by atoms with E-state index in [1.807, 2.05) is 0 Å². The fourth-order valence-corrected chi connectivity index (χ4v) is 2.17. The molecule has 2 atom stereocenters. The molecule has 0 aliphatic heterocycles. The highest BCUT2D eigenvalue weighted by Crippen LogP contribution is 2.26. The van der Waals surface area contributed by atoms with E-state index in [1.165, 1.54) is 32.2 Å². The molecule has 3 N–H and O–H groups in total. The Morgan fingerprint density at radius 3 is 2.50 bits per heavy atom. The van der Waals surface area contributed by atoms with Gasteiger partial charge in [-0.1, -0.05) is 17.8 Å². The highest BCUT2D eigenvalue weighted by Gasteiger charge is 2.21. The second-order valence-electron chi connectivity index (χ2n) is 4.08. The molecule has 0 aliphatic rings. The molecule has 0 bridgehead atoms. The molecule has 20 heavy (non-hydrogen) atoms. The molecule has 1 aromatic rings. The molecule has 0 fully saturated rings. The van der Waals surface area contributed by atoms with Crippen molar-refractivity contribution >= 4 is 22.8 Å². The van der Waals surface area contributed by atoms with Crippen molar-refractivity contribution < 1.29 is 29.6 Å². The topological polar surface area (TPSA) is 104 Å². The predicted octanol–water partition coefficient (Wildman–Crippen LogP) is 1.07. The first-order valence-electron chi connectivity index (χ1n) is 5.77. The highest BCUT2D eigenvalue weighted by molar-refractivity contribution is 8.13. The number of rotatable bonds is 6. The minimum Gasteiger partial charge on any atom is -0.496 e. The molecular formula is C13H16O6S. The van der Waals surface area contributed by atoms with Crippen LogP contribution in [-0.4, -0.2) is 45.4 Å². The lowest BCUT2D eigenvalue weighted by Crippen LogP contribution is -2.21. The number of carboxylic acids is 1. The third-order valence-corrected chi connectivity index (χ3v) is 3.53. The van der Waals surface area contributed by atoms with Crippen LogP contribution in [0, 0.1) is 0 Å². The van der Waals surface area contributed by atoms with Gasteiger partial charge in [0.05, 0.1) is 13.2 Å². The lowest BCUT2D eigenvalue weighted by molar-refractivity contribution is -0.109. The summed E-state index contributed by atoms with van der Waals surface area (Å²) in [6.45, 7) is 1.37. The van der Waals surface area contributed by atoms with Crippen LogP contribution >= 0.6 is 11.8 Å². The Morgan fingerprint density at radius 2 is 2.00 bits per heavy atom. The van der Waals surface area contributed by atoms with Crippen molar-refractivity contribution in [1.29, 1.82) is 0 Å². The number of ether oxygens (including phenoxy) is 1. The van der Waals surface area contributed by atoms with Crippen molar-refractivity contribution in [3.63, 3.8) is 0 Å². The van der Waals surface area contributed by atoms with Crippen molar-refractivity contribution in [3.8, 4) is 5.75 Å². The molecule has 2 unspecified atom stereocenters. The molecule has 0 saturated carbocycles. The van der Waals surface area contributed by atoms with Gasteiger partial charge in [0.1, 0.15) is 17.4 Å². The van der Waals surface area contributed by atoms with Gasteiger partial charge in [-0.05, 0) is 17.7 Å². The zero-order valence-corrected chi connectivity index (χ0v) is 11.9. The molecule has 1 aromatic carbocycles. The molecule has 0 spiro atoms. The maximum absolute atomic E-state index is 10.9. The molecule has 6 nitrogen and oxygen atoms in total. The Morgan fingerprint density at radius 1 is 1.35 bits per heavy atom. The van der Waals surface area contributed by atoms with Crippen molar-refractivity contribution in [3.05, 3.63) is 29.3 Å². The van der Waals surface area contributed by atoms with E-state index in [1.54, 1.807) is 0 Å². The molecule has 7 heteroatoms. The standard InChI is InChI=1S/C13H16O6S/c1-7(14)20-6-10(15)12(16)8-3-4-9(13(17)18)11(5-8)19-2/h3-5,10,12,15-16H,6H2,1-2H3,(H,17,18). The van der Waals surface area contributed by atoms with Crippen molar-refractivity contribution in [2.24, 2.45) is 0 Å². The van der Waals surface area contributed by atoms with Gasteiger partial charge >= 0.3 is 5.97 Å². The van der Waals surface area contributed by atoms with Crippen LogP contribution in [0.25, 0.3) is 0 Å². The third-order valence-electron chi connectivity index (χ3n) is 2.62. The van der Waals surface area contributed by atoms with Gasteiger partial charge in [-0.3, -0.25) is 4.79 Å². The first-order valence-corrected chi connectivity index (χ1v) is 6.76. The summed E-state index contributed by atoms with van der Waals surface area (Å²) in [6.07, 6.45) is -2.36. The minimum atomic E-state index is -1.22. The fraction of sp³-hybridized carbons (Fsp3) is 0.385. The average molecular weight is 300 g/mol. The summed E-state index contributed by atoms with van der Waals surface area (Å²) in [5, 5.41) is 28.5. The summed E-state index contributed by atoms with van der Waals surface area (Å²) in [5.74, 6) is -0.990. The van der Waals surface area contributed by atoms with Crippen LogP contribution < -0.4 is 4.74 Å². The van der Waals surface area contributed by atoms with Gasteiger partial charge in [-0.2, -0.15) is 0 Å². The van der Waals surface area contributed by atoms with E-state index < -0.39 is 18.2 Å². The highest BCUT2D eigenvalue weighted by atomic mass is 32.2. The number of aromatic carboxylic acids is 1. The molecule has 0 aromatic heterocycles. The molecule has 0 heterocycles. The van der Waals surface area contributed by atoms with E-state index in [2.05, 4.69) is 0 Å². The number of methoxy groups -OCH3 is 1. The zero-order chi connectivity index (χ0) is 15.3. The SMILES string of the molecule is COc1cc(C(O)C(O)CSC(C)=O)ccc1C(=O)O. The molecule has 0 radical (unpaired) electrons. The second-order valence-corrected chi connectivity index (χ2v) is 5.28. The number of aliphatic hydroxyl groups is 2. The van der Waals surface area contributed by atoms with Crippen LogP contribution in [-0.2, 0) is 4.79 Å². The van der Waals surface area contributed by atoms with Gasteiger partial charge in [-0.25, -0.2) is 4.79 Å². The zero-order valence-electron chi connectivity index (χ0n) is 11.1. The van der Waals surface area contributed by atoms with Crippen LogP contribution in [0.5, 0.6) is 5.75 Å². The van der Waals surface area contributed by atoms with E-state index >= 15 is 0 Å². The molecule has 0 saturated heterocycles. The van der Waals surface area contributed by atoms with Crippen molar-refractivity contribution in [2.45, 2.75) is 19.1 Å². The maximum atomic E-state index is 10.9. The fourth-order valence-electron chi connectivity index (χ4n) is 1.58. The van der Waals surface area contributed by atoms with Crippen molar-refractivity contribution in [1.82, 2.24) is 0 Å². The van der Waals surface area contributed by atoms with Crippen LogP contribution in [0.1, 0.15) is 28.9 Å². The molecular weight excluding hydrogens is 284 g/mol. The Balaban J connectivity index is 2.90. The number of carbonyl (C=O) groups excluding carboxylic acids is 1. The Bertz CT molecular complexity index is 502. The van der Waals surface area contributed by atoms with E-state index in [-0.39, 0.29) is 22.2 Å². The van der Waals surface area contributed by atoms with Crippen LogP contribution in [0.3, 0.4) is 0 Å². The quantitative estimate of drug-likeness (QED) is 0.721. The third kappa shape index (κ3) is 4.22. The van der Waals surface area contributed by atoms with Gasteiger partial charge < -0.3 is 20.1 Å². The summed E-state index contributed by atoms with van der Waals surface area (Å²) in [6, 6.07) is 4.05. The van der Waals surface area contributed by atoms with E-state index in [0.717, 1.165) is 11.8 Å². The number of carboxylic acid groups (broad SMARTS) is 1. The number of carbonyl (C=O) groups is 2. The lowest BCUT2D eigenvalue weighted by atomic mass is 10.0. The smallest absolute Gasteiger partial charge is 0.339 e. The van der Waals surface area contributed by atoms with E-state index in [9.17, 15) is 19.8 Å². The summed E-state index contributed by atoms with van der Waals surface area (Å²) in [4.78, 5) is 21.8. The van der Waals surface area contributed by atoms with E-state index in [4.69, 9.17) is 9.84 Å². The maximum Gasteiger partial charge on any atom is 0.339 e.